The topological polar surface area (TPSA) is 25.8 Å². The molecule has 0 radical (unpaired) electrons. The van der Waals surface area contributed by atoms with Crippen molar-refractivity contribution in [2.45, 2.75) is 156 Å². The minimum Gasteiger partial charge on any atom is -0.366 e. The van der Waals surface area contributed by atoms with Crippen molar-refractivity contribution >= 4 is 0 Å². The number of hydrogen-bond acceptors (Lipinski definition) is 2. The monoisotopic (exact) mass is 1100 g/mol. The van der Waals surface area contributed by atoms with Gasteiger partial charge in [0, 0.05) is 46.0 Å². The summed E-state index contributed by atoms with van der Waals surface area (Å²) in [7, 11) is 0. The Morgan fingerprint density at radius 1 is 0.406 bits per heavy atom. The van der Waals surface area contributed by atoms with E-state index in [2.05, 4.69) is 127 Å². The summed E-state index contributed by atoms with van der Waals surface area (Å²) < 4.78 is 29.9. The van der Waals surface area contributed by atoms with Crippen LogP contribution >= 0.6 is 0 Å². The van der Waals surface area contributed by atoms with Gasteiger partial charge in [-0.3, -0.25) is 24.7 Å². The number of benzene rings is 4. The molecule has 360 valence electrons. The first-order valence-electron chi connectivity index (χ1n) is 25.5. The second-order valence-corrected chi connectivity index (χ2v) is 17.8. The molecule has 0 atom stereocenters. The maximum absolute atomic E-state index is 15.0. The fourth-order valence-corrected chi connectivity index (χ4v) is 7.99. The molecule has 0 fully saturated rings. The molecule has 0 saturated heterocycles. The average Bonchev–Trinajstić information content (AvgIpc) is 3.37. The summed E-state index contributed by atoms with van der Waals surface area (Å²) in [6.07, 6.45) is 37.1. The van der Waals surface area contributed by atoms with Crippen molar-refractivity contribution in [1.29, 1.82) is 0 Å². The van der Waals surface area contributed by atoms with Crippen molar-refractivity contribution in [3.05, 3.63) is 184 Å². The third-order valence-corrected chi connectivity index (χ3v) is 12.2. The number of nitrogens with zero attached hydrogens (tertiary/aromatic N) is 2. The van der Waals surface area contributed by atoms with E-state index in [1.54, 1.807) is 36.7 Å². The molecule has 0 aliphatic heterocycles. The molecule has 0 spiro atoms. The molecule has 0 bridgehead atoms. The Morgan fingerprint density at radius 2 is 0.710 bits per heavy atom. The van der Waals surface area contributed by atoms with Gasteiger partial charge in [0.1, 0.15) is 0 Å². The van der Waals surface area contributed by atoms with Gasteiger partial charge >= 0.3 is 21.1 Å². The first kappa shape index (κ1) is 56.0. The van der Waals surface area contributed by atoms with Gasteiger partial charge in [-0.15, -0.1) is 23.8 Å². The fraction of sp³-hybridized carbons (Fsp3) is 0.375. The molecule has 0 amide bonds. The Morgan fingerprint density at radius 3 is 1.03 bits per heavy atom. The van der Waals surface area contributed by atoms with Crippen LogP contribution in [0.4, 0.5) is 8.78 Å². The van der Waals surface area contributed by atoms with Crippen LogP contribution in [0.15, 0.2) is 116 Å². The second kappa shape index (κ2) is 33.0. The van der Waals surface area contributed by atoms with Gasteiger partial charge in [-0.05, 0) is 73.9 Å². The summed E-state index contributed by atoms with van der Waals surface area (Å²) in [5.74, 6) is 13.6. The molecular weight excluding hydrogens is 1030 g/mol. The van der Waals surface area contributed by atoms with Crippen LogP contribution in [-0.2, 0) is 40.3 Å². The van der Waals surface area contributed by atoms with E-state index in [9.17, 15) is 8.78 Å². The van der Waals surface area contributed by atoms with Crippen molar-refractivity contribution in [2.75, 3.05) is 0 Å². The zero-order valence-electron chi connectivity index (χ0n) is 41.3. The van der Waals surface area contributed by atoms with E-state index in [1.165, 1.54) is 139 Å². The van der Waals surface area contributed by atoms with E-state index in [-0.39, 0.29) is 32.2 Å². The number of aromatic nitrogens is 2. The summed E-state index contributed by atoms with van der Waals surface area (Å²) in [5.41, 5.74) is 8.98. The van der Waals surface area contributed by atoms with Crippen LogP contribution in [0.5, 0.6) is 0 Å². The van der Waals surface area contributed by atoms with Gasteiger partial charge in [-0.1, -0.05) is 224 Å². The quantitative estimate of drug-likeness (QED) is 0.0363. The predicted octanol–water partition coefficient (Wildman–Crippen LogP) is 17.0. The van der Waals surface area contributed by atoms with Gasteiger partial charge in [0.15, 0.2) is 0 Å². The van der Waals surface area contributed by atoms with E-state index >= 15 is 0 Å². The number of halogens is 2. The van der Waals surface area contributed by atoms with Crippen molar-refractivity contribution in [2.24, 2.45) is 0 Å². The molecule has 0 aliphatic carbocycles. The molecule has 2 nitrogen and oxygen atoms in total. The van der Waals surface area contributed by atoms with Crippen LogP contribution in [0.3, 0.4) is 0 Å². The Hall–Kier alpha value is -5.59. The van der Waals surface area contributed by atoms with Crippen LogP contribution in [-0.4, -0.2) is 9.97 Å². The molecule has 0 unspecified atom stereocenters. The van der Waals surface area contributed by atoms with Crippen LogP contribution in [0.1, 0.15) is 181 Å². The van der Waals surface area contributed by atoms with Crippen LogP contribution in [0.25, 0.3) is 22.5 Å². The normalized spacial score (nSPS) is 10.4. The van der Waals surface area contributed by atoms with Crippen LogP contribution < -0.4 is 0 Å². The third-order valence-electron chi connectivity index (χ3n) is 12.2. The molecular formula is C64H70F2N2Pt. The maximum atomic E-state index is 15.0. The molecule has 5 heteroatoms. The smallest absolute Gasteiger partial charge is 0.366 e. The number of rotatable bonds is 23. The first-order valence-corrected chi connectivity index (χ1v) is 25.5. The van der Waals surface area contributed by atoms with E-state index in [0.29, 0.717) is 22.5 Å². The third kappa shape index (κ3) is 20.9. The second-order valence-electron chi connectivity index (χ2n) is 17.8. The minimum absolute atomic E-state index is 0. The van der Waals surface area contributed by atoms with E-state index < -0.39 is 11.6 Å². The minimum atomic E-state index is -0.742. The molecule has 0 saturated carbocycles. The summed E-state index contributed by atoms with van der Waals surface area (Å²) in [6.45, 7) is 6.74. The van der Waals surface area contributed by atoms with E-state index in [1.807, 2.05) is 12.1 Å². The van der Waals surface area contributed by atoms with Crippen molar-refractivity contribution in [3.8, 4) is 52.1 Å². The Balaban J connectivity index is 0.000000518. The molecule has 69 heavy (non-hydrogen) atoms. The van der Waals surface area contributed by atoms with Gasteiger partial charge in [-0.25, -0.2) is 0 Å². The molecule has 2 aromatic heterocycles. The molecule has 4 aromatic carbocycles. The fourth-order valence-electron chi connectivity index (χ4n) is 7.99. The van der Waals surface area contributed by atoms with Gasteiger partial charge < -0.3 is 6.42 Å². The molecule has 0 N–H and O–H groups in total. The SMILES string of the molecule is CCCCCCCCc1ccc(C#Cc2ccc(-c3[c-]c(-c4ccc(C#Cc5ccc(CCCCCCCC)cc5)cn4)c(F)cc3F)nc2)cc1.[C-]#Cc1ccc(CCCCCCCC)cc1.[Pt+2]. The predicted molar refractivity (Wildman–Crippen MR) is 280 cm³/mol. The largest absolute Gasteiger partial charge is 2.00 e. The Labute approximate surface area is 429 Å². The van der Waals surface area contributed by atoms with Crippen LogP contribution in [0.2, 0.25) is 0 Å². The standard InChI is InChI=1S/C48H49F2N2.C16H21.Pt/c1-3-5-7-9-11-13-15-37-17-21-39(22-18-37)25-27-41-29-31-47(51-35-41)43-33-44(46(50)34-45(43)49)48-32-30-42(36-52-48)28-26-40-23-19-38(20-24-40)16-14-12-10-8-6-4-2;1-3-5-6-7-8-9-10-16-13-11-15(4-2)12-14-16;/h17-24,29-32,34-36H,3-16H2,1-2H3;11-14H,3,5-10H2,1H3;/q2*-1;+2. The summed E-state index contributed by atoms with van der Waals surface area (Å²) in [6, 6.07) is 35.6. The van der Waals surface area contributed by atoms with Gasteiger partial charge in [0.25, 0.3) is 0 Å². The molecule has 6 aromatic rings. The van der Waals surface area contributed by atoms with Gasteiger partial charge in [-0.2, -0.15) is 0 Å². The molecule has 6 rings (SSSR count). The number of pyridine rings is 2. The zero-order valence-corrected chi connectivity index (χ0v) is 43.6. The maximum Gasteiger partial charge on any atom is 2.00 e. The number of hydrogen-bond donors (Lipinski definition) is 0. The first-order chi connectivity index (χ1) is 33.4. The van der Waals surface area contributed by atoms with Crippen LogP contribution in [0, 0.1) is 53.7 Å². The molecule has 0 aliphatic rings. The average molecular weight is 1100 g/mol. The summed E-state index contributed by atoms with van der Waals surface area (Å²) >= 11 is 0. The van der Waals surface area contributed by atoms with Crippen molar-refractivity contribution < 1.29 is 29.8 Å². The summed E-state index contributed by atoms with van der Waals surface area (Å²) in [4.78, 5) is 8.85. The van der Waals surface area contributed by atoms with E-state index in [0.717, 1.165) is 35.6 Å². The van der Waals surface area contributed by atoms with Crippen molar-refractivity contribution in [3.63, 3.8) is 0 Å². The van der Waals surface area contributed by atoms with Gasteiger partial charge in [0.2, 0.25) is 0 Å². The molecule has 2 heterocycles. The van der Waals surface area contributed by atoms with Gasteiger partial charge in [0.05, 0.1) is 11.6 Å². The Kier molecular flexibility index (Phi) is 26.8. The zero-order chi connectivity index (χ0) is 48.0. The van der Waals surface area contributed by atoms with Crippen molar-refractivity contribution in [1.82, 2.24) is 9.97 Å². The van der Waals surface area contributed by atoms with E-state index in [4.69, 9.17) is 6.42 Å². The number of aryl methyl sites for hydroxylation is 3. The number of unbranched alkanes of at least 4 members (excludes halogenated alkanes) is 15. The summed E-state index contributed by atoms with van der Waals surface area (Å²) in [5, 5.41) is 0. The Bertz CT molecular complexity index is 2390.